The summed E-state index contributed by atoms with van der Waals surface area (Å²) in [5.41, 5.74) is 6.09. The molecule has 4 N–H and O–H groups in total. The second-order valence-corrected chi connectivity index (χ2v) is 5.28. The van der Waals surface area contributed by atoms with Crippen molar-refractivity contribution >= 4 is 51.8 Å². The number of hydrogen-bond acceptors (Lipinski definition) is 5. The lowest BCUT2D eigenvalue weighted by molar-refractivity contribution is -0.384. The van der Waals surface area contributed by atoms with Crippen LogP contribution >= 0.6 is 28.4 Å². The predicted octanol–water partition coefficient (Wildman–Crippen LogP) is 2.82. The molecule has 0 amide bonds. The Labute approximate surface area is 124 Å². The molecular weight excluding hydrogens is 380 g/mol. The van der Waals surface area contributed by atoms with Crippen LogP contribution in [0.1, 0.15) is 5.56 Å². The smallest absolute Gasteiger partial charge is 0.270 e. The van der Waals surface area contributed by atoms with Crippen molar-refractivity contribution in [3.05, 3.63) is 46.2 Å². The Morgan fingerprint density at radius 3 is 2.95 bits per heavy atom. The van der Waals surface area contributed by atoms with E-state index in [0.717, 1.165) is 0 Å². The van der Waals surface area contributed by atoms with Crippen molar-refractivity contribution in [2.75, 3.05) is 5.09 Å². The summed E-state index contributed by atoms with van der Waals surface area (Å²) in [5.74, 6) is -0.0704. The average Bonchev–Trinajstić information content (AvgIpc) is 2.39. The van der Waals surface area contributed by atoms with E-state index >= 15 is 0 Å². The quantitative estimate of drug-likeness (QED) is 0.179. The normalized spacial score (nSPS) is 11.6. The molecule has 0 saturated carbocycles. The van der Waals surface area contributed by atoms with Crippen LogP contribution in [0.5, 0.6) is 0 Å². The molecule has 0 bridgehead atoms. The standard InChI is InChI=1S/C10H11IN5O2P/c11-19-15-9-3-2-7(16(17)18)6-8(9)10(13)14-5-1-4-12/h1-6,13,15,19H,12H2. The summed E-state index contributed by atoms with van der Waals surface area (Å²) >= 11 is 2.13. The van der Waals surface area contributed by atoms with Gasteiger partial charge in [-0.2, -0.15) is 0 Å². The van der Waals surface area contributed by atoms with E-state index in [9.17, 15) is 10.1 Å². The predicted molar refractivity (Wildman–Crippen MR) is 87.7 cm³/mol. The van der Waals surface area contributed by atoms with Gasteiger partial charge in [-0.25, -0.2) is 4.99 Å². The average molecular weight is 391 g/mol. The van der Waals surface area contributed by atoms with Gasteiger partial charge >= 0.3 is 0 Å². The first kappa shape index (κ1) is 15.5. The largest absolute Gasteiger partial charge is 0.405 e. The van der Waals surface area contributed by atoms with Gasteiger partial charge in [0.05, 0.1) is 4.92 Å². The molecule has 19 heavy (non-hydrogen) atoms. The summed E-state index contributed by atoms with van der Waals surface area (Å²) in [6.07, 6.45) is 4.50. The SMILES string of the molecule is N=C(N=CC=CN)c1cc([N+](=O)[O-])ccc1NPI. The summed E-state index contributed by atoms with van der Waals surface area (Å²) < 4.78 is 0. The van der Waals surface area contributed by atoms with E-state index in [1.54, 1.807) is 6.07 Å². The molecule has 9 heteroatoms. The first-order chi connectivity index (χ1) is 9.10. The van der Waals surface area contributed by atoms with E-state index in [1.807, 2.05) is 0 Å². The molecule has 0 aromatic heterocycles. The third kappa shape index (κ3) is 4.56. The van der Waals surface area contributed by atoms with Gasteiger partial charge < -0.3 is 10.8 Å². The van der Waals surface area contributed by atoms with Crippen LogP contribution in [0.4, 0.5) is 11.4 Å². The number of aliphatic imine (C=N–C) groups is 1. The van der Waals surface area contributed by atoms with Crippen LogP contribution in [0.25, 0.3) is 0 Å². The molecule has 0 radical (unpaired) electrons. The van der Waals surface area contributed by atoms with E-state index in [1.165, 1.54) is 30.6 Å². The molecule has 0 aliphatic carbocycles. The number of hydrogen-bond donors (Lipinski definition) is 3. The number of non-ortho nitro benzene ring substituents is 1. The molecule has 7 nitrogen and oxygen atoms in total. The number of benzene rings is 1. The summed E-state index contributed by atoms with van der Waals surface area (Å²) in [7, 11) is 0. The van der Waals surface area contributed by atoms with Gasteiger partial charge in [0.25, 0.3) is 5.69 Å². The van der Waals surface area contributed by atoms with Crippen LogP contribution in [-0.4, -0.2) is 17.0 Å². The van der Waals surface area contributed by atoms with Crippen LogP contribution in [0.15, 0.2) is 35.5 Å². The van der Waals surface area contributed by atoms with Crippen LogP contribution in [-0.2, 0) is 0 Å². The number of rotatable bonds is 5. The highest BCUT2D eigenvalue weighted by Crippen LogP contribution is 2.29. The highest BCUT2D eigenvalue weighted by Gasteiger charge is 2.13. The van der Waals surface area contributed by atoms with E-state index in [-0.39, 0.29) is 11.5 Å². The lowest BCUT2D eigenvalue weighted by Crippen LogP contribution is -2.01. The van der Waals surface area contributed by atoms with Gasteiger partial charge in [-0.1, -0.05) is 0 Å². The molecule has 1 rings (SSSR count). The number of nitrogens with two attached hydrogens (primary N) is 1. The van der Waals surface area contributed by atoms with Crippen molar-refractivity contribution in [1.82, 2.24) is 0 Å². The van der Waals surface area contributed by atoms with Gasteiger partial charge in [0.1, 0.15) is 0 Å². The van der Waals surface area contributed by atoms with Crippen molar-refractivity contribution in [2.24, 2.45) is 10.7 Å². The number of anilines is 1. The number of amidine groups is 1. The Balaban J connectivity index is 3.16. The third-order valence-corrected chi connectivity index (χ3v) is 3.22. The van der Waals surface area contributed by atoms with E-state index in [0.29, 0.717) is 17.6 Å². The fourth-order valence-corrected chi connectivity index (χ4v) is 2.43. The number of allylic oxidation sites excluding steroid dienone is 1. The maximum absolute atomic E-state index is 10.8. The number of nitrogens with zero attached hydrogens (tertiary/aromatic N) is 2. The second kappa shape index (κ2) is 7.80. The number of nitrogens with one attached hydrogen (secondary N) is 2. The molecular formula is C10H11IN5O2P. The zero-order valence-corrected chi connectivity index (χ0v) is 12.8. The Hall–Kier alpha value is -1.54. The zero-order valence-electron chi connectivity index (χ0n) is 9.63. The van der Waals surface area contributed by atoms with Crippen LogP contribution in [0.3, 0.4) is 0 Å². The molecule has 0 spiro atoms. The lowest BCUT2D eigenvalue weighted by Gasteiger charge is -2.08. The molecule has 0 heterocycles. The fourth-order valence-electron chi connectivity index (χ4n) is 1.24. The first-order valence-electron chi connectivity index (χ1n) is 5.00. The van der Waals surface area contributed by atoms with Gasteiger partial charge in [-0.15, -0.1) is 0 Å². The number of nitro benzene ring substituents is 1. The van der Waals surface area contributed by atoms with Crippen LogP contribution in [0, 0.1) is 15.5 Å². The second-order valence-electron chi connectivity index (χ2n) is 3.22. The monoisotopic (exact) mass is 391 g/mol. The zero-order chi connectivity index (χ0) is 14.3. The third-order valence-electron chi connectivity index (χ3n) is 2.05. The molecule has 0 fully saturated rings. The Bertz CT molecular complexity index is 547. The maximum atomic E-state index is 10.8. The Morgan fingerprint density at radius 2 is 2.37 bits per heavy atom. The van der Waals surface area contributed by atoms with E-state index in [2.05, 4.69) is 32.1 Å². The van der Waals surface area contributed by atoms with Crippen molar-refractivity contribution in [2.45, 2.75) is 0 Å². The molecule has 1 atom stereocenters. The molecule has 0 saturated heterocycles. The van der Waals surface area contributed by atoms with Gasteiger partial charge in [0, 0.05) is 36.0 Å². The Kier molecular flexibility index (Phi) is 6.37. The number of nitro groups is 1. The topological polar surface area (TPSA) is 117 Å². The molecule has 0 aliphatic rings. The van der Waals surface area contributed by atoms with Crippen molar-refractivity contribution in [3.8, 4) is 0 Å². The van der Waals surface area contributed by atoms with Crippen molar-refractivity contribution in [1.29, 1.82) is 5.41 Å². The van der Waals surface area contributed by atoms with E-state index in [4.69, 9.17) is 11.1 Å². The minimum Gasteiger partial charge on any atom is -0.405 e. The summed E-state index contributed by atoms with van der Waals surface area (Å²) in [6, 6.07) is 4.28. The maximum Gasteiger partial charge on any atom is 0.270 e. The van der Waals surface area contributed by atoms with Crippen LogP contribution in [0.2, 0.25) is 0 Å². The molecule has 0 aliphatic heterocycles. The summed E-state index contributed by atoms with van der Waals surface area (Å²) in [5, 5.41) is 21.6. The molecule has 1 aromatic rings. The highest BCUT2D eigenvalue weighted by atomic mass is 127. The summed E-state index contributed by atoms with van der Waals surface area (Å²) in [4.78, 5) is 14.1. The minimum atomic E-state index is -0.504. The summed E-state index contributed by atoms with van der Waals surface area (Å²) in [6.45, 7) is 0. The van der Waals surface area contributed by atoms with Gasteiger partial charge in [-0.3, -0.25) is 15.5 Å². The van der Waals surface area contributed by atoms with Gasteiger partial charge in [0.15, 0.2) is 5.84 Å². The van der Waals surface area contributed by atoms with Crippen molar-refractivity contribution < 1.29 is 4.92 Å². The first-order valence-corrected chi connectivity index (χ1v) is 9.11. The molecule has 100 valence electrons. The highest BCUT2D eigenvalue weighted by molar-refractivity contribution is 14.2. The minimum absolute atomic E-state index is 0.0704. The van der Waals surface area contributed by atoms with Gasteiger partial charge in [0.2, 0.25) is 0 Å². The number of halogens is 1. The van der Waals surface area contributed by atoms with Crippen molar-refractivity contribution in [3.63, 3.8) is 0 Å². The van der Waals surface area contributed by atoms with E-state index < -0.39 is 4.92 Å². The Morgan fingerprint density at radius 1 is 1.63 bits per heavy atom. The van der Waals surface area contributed by atoms with Crippen LogP contribution < -0.4 is 10.8 Å². The molecule has 1 aromatic carbocycles. The fraction of sp³-hybridized carbons (Fsp3) is 0. The van der Waals surface area contributed by atoms with Gasteiger partial charge in [-0.05, 0) is 40.4 Å². The molecule has 1 unspecified atom stereocenters. The lowest BCUT2D eigenvalue weighted by atomic mass is 10.1.